The van der Waals surface area contributed by atoms with Crippen LogP contribution in [-0.4, -0.2) is 5.11 Å². The van der Waals surface area contributed by atoms with Gasteiger partial charge >= 0.3 is 0 Å². The van der Waals surface area contributed by atoms with E-state index in [2.05, 4.69) is 0 Å². The van der Waals surface area contributed by atoms with Gasteiger partial charge in [-0.15, -0.1) is 0 Å². The van der Waals surface area contributed by atoms with Crippen LogP contribution in [0.25, 0.3) is 0 Å². The van der Waals surface area contributed by atoms with E-state index in [0.717, 1.165) is 12.0 Å². The largest absolute Gasteiger partial charge is 0.388 e. The highest BCUT2D eigenvalue weighted by Gasteiger charge is 2.21. The van der Waals surface area contributed by atoms with E-state index in [0.29, 0.717) is 16.0 Å². The predicted octanol–water partition coefficient (Wildman–Crippen LogP) is 4.61. The van der Waals surface area contributed by atoms with Crippen molar-refractivity contribution in [3.8, 4) is 0 Å². The molecule has 1 fully saturated rings. The Bertz CT molecular complexity index is 359. The standard InChI is InChI=1S/C13H16Cl2O/c14-11-7-3-6-10(13(11)15)12(16)8-9-4-1-2-5-9/h3,6-7,9,12,16H,1-2,4-5,8H2. The van der Waals surface area contributed by atoms with Crippen LogP contribution in [0.2, 0.25) is 10.0 Å². The Balaban J connectivity index is 2.07. The molecule has 1 aromatic carbocycles. The third kappa shape index (κ3) is 2.71. The van der Waals surface area contributed by atoms with Gasteiger partial charge in [-0.05, 0) is 18.4 Å². The Labute approximate surface area is 106 Å². The number of aliphatic hydroxyl groups excluding tert-OH is 1. The molecule has 1 unspecified atom stereocenters. The van der Waals surface area contributed by atoms with Gasteiger partial charge in [0.2, 0.25) is 0 Å². The van der Waals surface area contributed by atoms with Gasteiger partial charge in [0.05, 0.1) is 16.1 Å². The Morgan fingerprint density at radius 1 is 1.25 bits per heavy atom. The highest BCUT2D eigenvalue weighted by Crippen LogP contribution is 2.36. The topological polar surface area (TPSA) is 20.2 Å². The Kier molecular flexibility index (Phi) is 4.12. The molecule has 88 valence electrons. The second kappa shape index (κ2) is 5.39. The summed E-state index contributed by atoms with van der Waals surface area (Å²) in [6.45, 7) is 0. The van der Waals surface area contributed by atoms with Crippen LogP contribution in [0.15, 0.2) is 18.2 Å². The van der Waals surface area contributed by atoms with Gasteiger partial charge in [-0.25, -0.2) is 0 Å². The van der Waals surface area contributed by atoms with E-state index < -0.39 is 6.10 Å². The lowest BCUT2D eigenvalue weighted by molar-refractivity contribution is 0.145. The average Bonchev–Trinajstić information content (AvgIpc) is 2.74. The zero-order chi connectivity index (χ0) is 11.5. The fourth-order valence-corrected chi connectivity index (χ4v) is 2.90. The maximum absolute atomic E-state index is 10.1. The molecule has 1 aliphatic carbocycles. The summed E-state index contributed by atoms with van der Waals surface area (Å²) in [5.41, 5.74) is 0.765. The van der Waals surface area contributed by atoms with E-state index in [1.165, 1.54) is 25.7 Å². The zero-order valence-corrected chi connectivity index (χ0v) is 10.6. The van der Waals surface area contributed by atoms with E-state index in [4.69, 9.17) is 23.2 Å². The van der Waals surface area contributed by atoms with Crippen LogP contribution in [0.5, 0.6) is 0 Å². The molecule has 0 saturated heterocycles. The Hall–Kier alpha value is -0.240. The van der Waals surface area contributed by atoms with Crippen LogP contribution < -0.4 is 0 Å². The van der Waals surface area contributed by atoms with Crippen molar-refractivity contribution in [2.24, 2.45) is 5.92 Å². The van der Waals surface area contributed by atoms with E-state index in [-0.39, 0.29) is 0 Å². The molecule has 1 N–H and O–H groups in total. The molecule has 0 spiro atoms. The third-order valence-electron chi connectivity index (χ3n) is 3.37. The van der Waals surface area contributed by atoms with Crippen molar-refractivity contribution in [2.75, 3.05) is 0 Å². The van der Waals surface area contributed by atoms with Crippen molar-refractivity contribution < 1.29 is 5.11 Å². The van der Waals surface area contributed by atoms with E-state index in [9.17, 15) is 5.11 Å². The molecule has 16 heavy (non-hydrogen) atoms. The minimum absolute atomic E-state index is 0.478. The Morgan fingerprint density at radius 2 is 1.94 bits per heavy atom. The first kappa shape index (κ1) is 12.2. The first-order chi connectivity index (χ1) is 7.68. The molecule has 1 aromatic rings. The minimum Gasteiger partial charge on any atom is -0.388 e. The number of hydrogen-bond acceptors (Lipinski definition) is 1. The van der Waals surface area contributed by atoms with Gasteiger partial charge in [0, 0.05) is 5.56 Å². The fraction of sp³-hybridized carbons (Fsp3) is 0.538. The van der Waals surface area contributed by atoms with Crippen LogP contribution in [0, 0.1) is 5.92 Å². The SMILES string of the molecule is OC(CC1CCCC1)c1cccc(Cl)c1Cl. The second-order valence-corrected chi connectivity index (χ2v) is 5.33. The summed E-state index contributed by atoms with van der Waals surface area (Å²) < 4.78 is 0. The van der Waals surface area contributed by atoms with Gasteiger partial charge in [-0.3, -0.25) is 0 Å². The van der Waals surface area contributed by atoms with Crippen LogP contribution in [0.4, 0.5) is 0 Å². The van der Waals surface area contributed by atoms with Gasteiger partial charge in [-0.2, -0.15) is 0 Å². The monoisotopic (exact) mass is 258 g/mol. The van der Waals surface area contributed by atoms with Crippen LogP contribution in [-0.2, 0) is 0 Å². The van der Waals surface area contributed by atoms with Gasteiger partial charge in [0.25, 0.3) is 0 Å². The lowest BCUT2D eigenvalue weighted by Gasteiger charge is -2.17. The molecule has 1 aliphatic rings. The third-order valence-corrected chi connectivity index (χ3v) is 4.21. The Morgan fingerprint density at radius 3 is 2.62 bits per heavy atom. The molecule has 0 aliphatic heterocycles. The van der Waals surface area contributed by atoms with E-state index in [1.54, 1.807) is 6.07 Å². The lowest BCUT2D eigenvalue weighted by atomic mass is 9.96. The van der Waals surface area contributed by atoms with Crippen molar-refractivity contribution in [2.45, 2.75) is 38.2 Å². The van der Waals surface area contributed by atoms with Gasteiger partial charge in [0.15, 0.2) is 0 Å². The van der Waals surface area contributed by atoms with E-state index in [1.807, 2.05) is 12.1 Å². The molecule has 0 radical (unpaired) electrons. The molecule has 1 atom stereocenters. The summed E-state index contributed by atoms with van der Waals surface area (Å²) in [7, 11) is 0. The smallest absolute Gasteiger partial charge is 0.0807 e. The number of aliphatic hydroxyl groups is 1. The molecule has 2 rings (SSSR count). The summed E-state index contributed by atoms with van der Waals surface area (Å²) in [4.78, 5) is 0. The molecule has 1 saturated carbocycles. The van der Waals surface area contributed by atoms with Crippen LogP contribution in [0.3, 0.4) is 0 Å². The molecule has 0 aromatic heterocycles. The van der Waals surface area contributed by atoms with Crippen LogP contribution >= 0.6 is 23.2 Å². The predicted molar refractivity (Wildman–Crippen MR) is 68.0 cm³/mol. The maximum Gasteiger partial charge on any atom is 0.0807 e. The normalized spacial score (nSPS) is 18.9. The van der Waals surface area contributed by atoms with Crippen molar-refractivity contribution in [3.63, 3.8) is 0 Å². The number of benzene rings is 1. The van der Waals surface area contributed by atoms with Crippen molar-refractivity contribution >= 4 is 23.2 Å². The van der Waals surface area contributed by atoms with Gasteiger partial charge in [-0.1, -0.05) is 61.0 Å². The van der Waals surface area contributed by atoms with Crippen LogP contribution in [0.1, 0.15) is 43.8 Å². The molecular weight excluding hydrogens is 243 g/mol. The van der Waals surface area contributed by atoms with Crippen molar-refractivity contribution in [1.82, 2.24) is 0 Å². The average molecular weight is 259 g/mol. The quantitative estimate of drug-likeness (QED) is 0.840. The zero-order valence-electron chi connectivity index (χ0n) is 9.13. The first-order valence-electron chi connectivity index (χ1n) is 5.80. The number of halogens is 2. The van der Waals surface area contributed by atoms with Crippen molar-refractivity contribution in [3.05, 3.63) is 33.8 Å². The summed E-state index contributed by atoms with van der Waals surface area (Å²) in [5.74, 6) is 0.644. The molecular formula is C13H16Cl2O. The first-order valence-corrected chi connectivity index (χ1v) is 6.56. The van der Waals surface area contributed by atoms with Gasteiger partial charge in [0.1, 0.15) is 0 Å². The highest BCUT2D eigenvalue weighted by atomic mass is 35.5. The maximum atomic E-state index is 10.1. The highest BCUT2D eigenvalue weighted by molar-refractivity contribution is 6.42. The lowest BCUT2D eigenvalue weighted by Crippen LogP contribution is -2.05. The molecule has 0 heterocycles. The van der Waals surface area contributed by atoms with E-state index >= 15 is 0 Å². The molecule has 1 nitrogen and oxygen atoms in total. The summed E-state index contributed by atoms with van der Waals surface area (Å²) >= 11 is 12.0. The summed E-state index contributed by atoms with van der Waals surface area (Å²) in [6.07, 6.45) is 5.38. The number of hydrogen-bond donors (Lipinski definition) is 1. The summed E-state index contributed by atoms with van der Waals surface area (Å²) in [5, 5.41) is 11.2. The number of rotatable bonds is 3. The summed E-state index contributed by atoms with van der Waals surface area (Å²) in [6, 6.07) is 5.44. The fourth-order valence-electron chi connectivity index (χ4n) is 2.47. The molecule has 3 heteroatoms. The molecule has 0 bridgehead atoms. The second-order valence-electron chi connectivity index (χ2n) is 4.55. The minimum atomic E-state index is -0.478. The molecule has 0 amide bonds. The van der Waals surface area contributed by atoms with Crippen molar-refractivity contribution in [1.29, 1.82) is 0 Å². The van der Waals surface area contributed by atoms with Gasteiger partial charge < -0.3 is 5.11 Å².